The molecule has 1 aromatic heterocycles. The van der Waals surface area contributed by atoms with Crippen LogP contribution in [0.1, 0.15) is 37.6 Å². The molecule has 21 heavy (non-hydrogen) atoms. The van der Waals surface area contributed by atoms with E-state index in [9.17, 15) is 9.90 Å². The zero-order valence-corrected chi connectivity index (χ0v) is 13.4. The summed E-state index contributed by atoms with van der Waals surface area (Å²) in [6.07, 6.45) is 5.03. The molecule has 0 aromatic carbocycles. The molecule has 1 fully saturated rings. The fraction of sp³-hybridized carbons (Fsp3) is 0.733. The standard InChI is InChI=1S/C15H25N3O2S/c1-2-13(19)11-18-6-3-12(4-7-18)9-14(20)17-10-15-16-5-8-21-15/h5,8,12-13,19H,2-4,6-7,9-11H2,1H3,(H,17,20). The summed E-state index contributed by atoms with van der Waals surface area (Å²) in [6, 6.07) is 0. The van der Waals surface area contributed by atoms with Crippen LogP contribution in [0.25, 0.3) is 0 Å². The fourth-order valence-electron chi connectivity index (χ4n) is 2.65. The Morgan fingerprint density at radius 2 is 2.33 bits per heavy atom. The number of aliphatic hydroxyl groups excluding tert-OH is 1. The number of aromatic nitrogens is 1. The van der Waals surface area contributed by atoms with Gasteiger partial charge in [-0.25, -0.2) is 4.98 Å². The van der Waals surface area contributed by atoms with Crippen LogP contribution in [-0.2, 0) is 11.3 Å². The third-order valence-corrected chi connectivity index (χ3v) is 4.82. The summed E-state index contributed by atoms with van der Waals surface area (Å²) in [5.74, 6) is 0.591. The highest BCUT2D eigenvalue weighted by molar-refractivity contribution is 7.09. The normalized spacial score (nSPS) is 18.6. The van der Waals surface area contributed by atoms with Gasteiger partial charge in [0.2, 0.25) is 5.91 Å². The van der Waals surface area contributed by atoms with E-state index in [0.717, 1.165) is 43.9 Å². The van der Waals surface area contributed by atoms with E-state index in [-0.39, 0.29) is 12.0 Å². The second-order valence-electron chi connectivity index (χ2n) is 5.71. The third-order valence-electron chi connectivity index (χ3n) is 4.04. The number of nitrogens with one attached hydrogen (secondary N) is 1. The molecule has 0 radical (unpaired) electrons. The van der Waals surface area contributed by atoms with E-state index < -0.39 is 0 Å². The molecule has 0 bridgehead atoms. The number of nitrogens with zero attached hydrogens (tertiary/aromatic N) is 2. The Balaban J connectivity index is 1.62. The van der Waals surface area contributed by atoms with Crippen LogP contribution in [0.15, 0.2) is 11.6 Å². The largest absolute Gasteiger partial charge is 0.392 e. The zero-order valence-electron chi connectivity index (χ0n) is 12.6. The van der Waals surface area contributed by atoms with Crippen molar-refractivity contribution in [1.82, 2.24) is 15.2 Å². The first-order valence-corrected chi connectivity index (χ1v) is 8.60. The van der Waals surface area contributed by atoms with Gasteiger partial charge in [-0.05, 0) is 38.3 Å². The number of aliphatic hydroxyl groups is 1. The number of thiazole rings is 1. The summed E-state index contributed by atoms with van der Waals surface area (Å²) >= 11 is 1.56. The van der Waals surface area contributed by atoms with Gasteiger partial charge in [0.15, 0.2) is 0 Å². The highest BCUT2D eigenvalue weighted by Gasteiger charge is 2.22. The molecular formula is C15H25N3O2S. The number of β-amino-alcohol motifs (C(OH)–C–C–N with tert-alkyl or cyclic N) is 1. The summed E-state index contributed by atoms with van der Waals surface area (Å²) in [7, 11) is 0. The molecule has 2 rings (SSSR count). The van der Waals surface area contributed by atoms with Crippen LogP contribution < -0.4 is 5.32 Å². The summed E-state index contributed by atoms with van der Waals surface area (Å²) in [6.45, 7) is 5.28. The molecule has 1 aliphatic heterocycles. The average Bonchev–Trinajstić information content (AvgIpc) is 3.00. The minimum absolute atomic E-state index is 0.122. The van der Waals surface area contributed by atoms with Crippen molar-refractivity contribution in [2.75, 3.05) is 19.6 Å². The van der Waals surface area contributed by atoms with E-state index >= 15 is 0 Å². The topological polar surface area (TPSA) is 65.5 Å². The number of carbonyl (C=O) groups excluding carboxylic acids is 1. The van der Waals surface area contributed by atoms with Crippen LogP contribution in [0.4, 0.5) is 0 Å². The first kappa shape index (κ1) is 16.4. The van der Waals surface area contributed by atoms with Gasteiger partial charge in [-0.15, -0.1) is 11.3 Å². The third kappa shape index (κ3) is 5.73. The fourth-order valence-corrected chi connectivity index (χ4v) is 3.21. The van der Waals surface area contributed by atoms with E-state index in [1.165, 1.54) is 0 Å². The maximum atomic E-state index is 11.9. The number of piperidine rings is 1. The van der Waals surface area contributed by atoms with Crippen molar-refractivity contribution in [3.05, 3.63) is 16.6 Å². The van der Waals surface area contributed by atoms with Crippen LogP contribution in [0.2, 0.25) is 0 Å². The Hall–Kier alpha value is -0.980. The molecule has 1 unspecified atom stereocenters. The maximum absolute atomic E-state index is 11.9. The van der Waals surface area contributed by atoms with Crippen LogP contribution in [-0.4, -0.2) is 46.6 Å². The molecule has 0 aliphatic carbocycles. The number of likely N-dealkylation sites (tertiary alicyclic amines) is 1. The molecular weight excluding hydrogens is 286 g/mol. The second kappa shape index (κ2) is 8.46. The predicted octanol–water partition coefficient (Wildman–Crippen LogP) is 1.63. The molecule has 0 saturated carbocycles. The van der Waals surface area contributed by atoms with Gasteiger partial charge in [0.05, 0.1) is 12.6 Å². The Morgan fingerprint density at radius 1 is 1.57 bits per heavy atom. The van der Waals surface area contributed by atoms with Crippen molar-refractivity contribution in [2.45, 2.75) is 45.3 Å². The number of amides is 1. The van der Waals surface area contributed by atoms with Gasteiger partial charge < -0.3 is 15.3 Å². The van der Waals surface area contributed by atoms with E-state index in [1.54, 1.807) is 17.5 Å². The first-order valence-electron chi connectivity index (χ1n) is 7.72. The molecule has 1 saturated heterocycles. The lowest BCUT2D eigenvalue weighted by Gasteiger charge is -2.32. The van der Waals surface area contributed by atoms with Crippen LogP contribution in [0, 0.1) is 5.92 Å². The highest BCUT2D eigenvalue weighted by atomic mass is 32.1. The van der Waals surface area contributed by atoms with Crippen molar-refractivity contribution < 1.29 is 9.90 Å². The molecule has 2 heterocycles. The van der Waals surface area contributed by atoms with Crippen molar-refractivity contribution in [2.24, 2.45) is 5.92 Å². The molecule has 0 spiro atoms. The van der Waals surface area contributed by atoms with Crippen molar-refractivity contribution in [3.63, 3.8) is 0 Å². The number of carbonyl (C=O) groups is 1. The van der Waals surface area contributed by atoms with Gasteiger partial charge in [-0.2, -0.15) is 0 Å². The van der Waals surface area contributed by atoms with Crippen molar-refractivity contribution in [3.8, 4) is 0 Å². The number of hydrogen-bond donors (Lipinski definition) is 2. The average molecular weight is 311 g/mol. The molecule has 1 atom stereocenters. The van der Waals surface area contributed by atoms with Crippen LogP contribution in [0.5, 0.6) is 0 Å². The van der Waals surface area contributed by atoms with E-state index in [0.29, 0.717) is 18.9 Å². The molecule has 5 nitrogen and oxygen atoms in total. The predicted molar refractivity (Wildman–Crippen MR) is 84.0 cm³/mol. The van der Waals surface area contributed by atoms with E-state index in [4.69, 9.17) is 0 Å². The van der Waals surface area contributed by atoms with Gasteiger partial charge in [-0.1, -0.05) is 6.92 Å². The zero-order chi connectivity index (χ0) is 15.1. The summed E-state index contributed by atoms with van der Waals surface area (Å²) in [4.78, 5) is 18.4. The number of hydrogen-bond acceptors (Lipinski definition) is 5. The Bertz CT molecular complexity index is 417. The Labute approximate surface area is 130 Å². The smallest absolute Gasteiger partial charge is 0.220 e. The lowest BCUT2D eigenvalue weighted by molar-refractivity contribution is -0.122. The highest BCUT2D eigenvalue weighted by Crippen LogP contribution is 2.20. The van der Waals surface area contributed by atoms with Crippen LogP contribution in [0.3, 0.4) is 0 Å². The molecule has 6 heteroatoms. The van der Waals surface area contributed by atoms with E-state index in [1.807, 2.05) is 12.3 Å². The molecule has 118 valence electrons. The summed E-state index contributed by atoms with van der Waals surface area (Å²) in [5.41, 5.74) is 0. The van der Waals surface area contributed by atoms with Gasteiger partial charge >= 0.3 is 0 Å². The molecule has 1 aliphatic rings. The van der Waals surface area contributed by atoms with Gasteiger partial charge in [0.25, 0.3) is 0 Å². The molecule has 1 amide bonds. The lowest BCUT2D eigenvalue weighted by atomic mass is 9.93. The minimum atomic E-state index is -0.219. The molecule has 1 aromatic rings. The minimum Gasteiger partial charge on any atom is -0.392 e. The van der Waals surface area contributed by atoms with Gasteiger partial charge in [-0.3, -0.25) is 4.79 Å². The number of rotatable bonds is 7. The molecule has 2 N–H and O–H groups in total. The Kier molecular flexibility index (Phi) is 6.60. The van der Waals surface area contributed by atoms with E-state index in [2.05, 4.69) is 15.2 Å². The second-order valence-corrected chi connectivity index (χ2v) is 6.69. The maximum Gasteiger partial charge on any atom is 0.220 e. The lowest BCUT2D eigenvalue weighted by Crippen LogP contribution is -2.39. The quantitative estimate of drug-likeness (QED) is 0.803. The van der Waals surface area contributed by atoms with Gasteiger partial charge in [0, 0.05) is 24.5 Å². The monoisotopic (exact) mass is 311 g/mol. The van der Waals surface area contributed by atoms with Crippen LogP contribution >= 0.6 is 11.3 Å². The van der Waals surface area contributed by atoms with Crippen molar-refractivity contribution in [1.29, 1.82) is 0 Å². The summed E-state index contributed by atoms with van der Waals surface area (Å²) < 4.78 is 0. The van der Waals surface area contributed by atoms with Crippen molar-refractivity contribution >= 4 is 17.2 Å². The first-order chi connectivity index (χ1) is 10.2. The summed E-state index contributed by atoms with van der Waals surface area (Å²) in [5, 5.41) is 15.5. The van der Waals surface area contributed by atoms with Gasteiger partial charge in [0.1, 0.15) is 5.01 Å². The SMILES string of the molecule is CCC(O)CN1CCC(CC(=O)NCc2nccs2)CC1. The Morgan fingerprint density at radius 3 is 2.95 bits per heavy atom.